The van der Waals surface area contributed by atoms with E-state index in [1.165, 1.54) is 12.5 Å². The smallest absolute Gasteiger partial charge is 0.319 e. The van der Waals surface area contributed by atoms with Gasteiger partial charge in [0.25, 0.3) is 0 Å². The fourth-order valence-electron chi connectivity index (χ4n) is 2.70. The zero-order chi connectivity index (χ0) is 14.7. The molecule has 0 bridgehead atoms. The van der Waals surface area contributed by atoms with E-state index < -0.39 is 17.7 Å². The fraction of sp³-hybridized carbons (Fsp3) is 0.533. The van der Waals surface area contributed by atoms with E-state index in [0.29, 0.717) is 11.8 Å². The molecule has 1 aliphatic carbocycles. The molecular weight excluding hydrogens is 262 g/mol. The van der Waals surface area contributed by atoms with E-state index in [0.717, 1.165) is 25.0 Å². The zero-order valence-electron chi connectivity index (χ0n) is 11.7. The number of urea groups is 1. The third-order valence-electron chi connectivity index (χ3n) is 4.20. The normalized spacial score (nSPS) is 26.1. The predicted molar refractivity (Wildman–Crippen MR) is 74.5 cm³/mol. The molecule has 2 amide bonds. The molecule has 0 heterocycles. The van der Waals surface area contributed by atoms with E-state index in [9.17, 15) is 13.6 Å². The summed E-state index contributed by atoms with van der Waals surface area (Å²) >= 11 is 0. The van der Waals surface area contributed by atoms with Crippen LogP contribution >= 0.6 is 0 Å². The summed E-state index contributed by atoms with van der Waals surface area (Å²) in [6.45, 7) is 4.29. The van der Waals surface area contributed by atoms with Crippen LogP contribution in [-0.2, 0) is 0 Å². The lowest BCUT2D eigenvalue weighted by atomic mass is 9.78. The Balaban J connectivity index is 1.95. The Morgan fingerprint density at radius 3 is 2.70 bits per heavy atom. The van der Waals surface area contributed by atoms with Crippen molar-refractivity contribution < 1.29 is 13.6 Å². The fourth-order valence-corrected chi connectivity index (χ4v) is 2.70. The minimum absolute atomic E-state index is 0.0135. The quantitative estimate of drug-likeness (QED) is 0.848. The molecule has 110 valence electrons. The Morgan fingerprint density at radius 2 is 2.00 bits per heavy atom. The van der Waals surface area contributed by atoms with Crippen LogP contribution in [0.4, 0.5) is 19.3 Å². The molecule has 1 saturated carbocycles. The van der Waals surface area contributed by atoms with Crippen LogP contribution in [-0.4, -0.2) is 12.1 Å². The van der Waals surface area contributed by atoms with Crippen LogP contribution in [0, 0.1) is 23.5 Å². The minimum Gasteiger partial charge on any atom is -0.335 e. The van der Waals surface area contributed by atoms with Gasteiger partial charge in [-0.15, -0.1) is 0 Å². The summed E-state index contributed by atoms with van der Waals surface area (Å²) in [7, 11) is 0. The second-order valence-electron chi connectivity index (χ2n) is 5.60. The summed E-state index contributed by atoms with van der Waals surface area (Å²) in [5.41, 5.74) is -0.0135. The van der Waals surface area contributed by atoms with Gasteiger partial charge in [0.15, 0.2) is 0 Å². The van der Waals surface area contributed by atoms with Gasteiger partial charge in [-0.3, -0.25) is 0 Å². The molecule has 1 fully saturated rings. The van der Waals surface area contributed by atoms with Gasteiger partial charge < -0.3 is 10.6 Å². The van der Waals surface area contributed by atoms with Gasteiger partial charge in [0.2, 0.25) is 0 Å². The molecule has 0 aromatic heterocycles. The molecule has 3 unspecified atom stereocenters. The van der Waals surface area contributed by atoms with Gasteiger partial charge in [-0.1, -0.05) is 26.7 Å². The van der Waals surface area contributed by atoms with Gasteiger partial charge in [-0.25, -0.2) is 13.6 Å². The number of nitrogens with one attached hydrogen (secondary N) is 2. The van der Waals surface area contributed by atoms with Gasteiger partial charge in [-0.05, 0) is 30.4 Å². The molecule has 0 spiro atoms. The van der Waals surface area contributed by atoms with Crippen molar-refractivity contribution >= 4 is 11.7 Å². The highest BCUT2D eigenvalue weighted by molar-refractivity contribution is 5.89. The molecule has 3 atom stereocenters. The van der Waals surface area contributed by atoms with Crippen molar-refractivity contribution in [3.63, 3.8) is 0 Å². The summed E-state index contributed by atoms with van der Waals surface area (Å²) in [6.07, 6.45) is 3.19. The van der Waals surface area contributed by atoms with Gasteiger partial charge in [0.05, 0.1) is 5.69 Å². The van der Waals surface area contributed by atoms with Crippen molar-refractivity contribution in [3.8, 4) is 0 Å². The average Bonchev–Trinajstić information content (AvgIpc) is 2.38. The molecule has 0 saturated heterocycles. The van der Waals surface area contributed by atoms with Crippen LogP contribution in [0.2, 0.25) is 0 Å². The number of carbonyl (C=O) groups excluding carboxylic acids is 1. The van der Waals surface area contributed by atoms with Crippen LogP contribution in [0.25, 0.3) is 0 Å². The van der Waals surface area contributed by atoms with Gasteiger partial charge >= 0.3 is 6.03 Å². The predicted octanol–water partition coefficient (Wildman–Crippen LogP) is 3.91. The first-order chi connectivity index (χ1) is 9.47. The number of anilines is 1. The Hall–Kier alpha value is -1.65. The topological polar surface area (TPSA) is 41.1 Å². The van der Waals surface area contributed by atoms with Crippen LogP contribution in [0.1, 0.15) is 33.1 Å². The third kappa shape index (κ3) is 3.46. The maximum absolute atomic E-state index is 13.4. The number of benzene rings is 1. The minimum atomic E-state index is -0.773. The number of hydrogen-bond donors (Lipinski definition) is 2. The van der Waals surface area contributed by atoms with Crippen LogP contribution in [0.3, 0.4) is 0 Å². The van der Waals surface area contributed by atoms with Crippen molar-refractivity contribution in [2.24, 2.45) is 11.8 Å². The Kier molecular flexibility index (Phi) is 4.57. The summed E-state index contributed by atoms with van der Waals surface area (Å²) in [4.78, 5) is 11.9. The maximum Gasteiger partial charge on any atom is 0.319 e. The van der Waals surface area contributed by atoms with Crippen molar-refractivity contribution in [2.75, 3.05) is 5.32 Å². The van der Waals surface area contributed by atoms with Gasteiger partial charge in [-0.2, -0.15) is 0 Å². The van der Waals surface area contributed by atoms with E-state index in [1.54, 1.807) is 0 Å². The molecule has 1 aromatic carbocycles. The lowest BCUT2D eigenvalue weighted by molar-refractivity contribution is 0.201. The average molecular weight is 282 g/mol. The first-order valence-electron chi connectivity index (χ1n) is 7.00. The molecule has 0 radical (unpaired) electrons. The van der Waals surface area contributed by atoms with Crippen molar-refractivity contribution in [3.05, 3.63) is 29.8 Å². The lowest BCUT2D eigenvalue weighted by Crippen LogP contribution is -2.45. The van der Waals surface area contributed by atoms with Crippen LogP contribution in [0.15, 0.2) is 18.2 Å². The molecule has 2 rings (SSSR count). The zero-order valence-corrected chi connectivity index (χ0v) is 11.7. The first-order valence-corrected chi connectivity index (χ1v) is 7.00. The van der Waals surface area contributed by atoms with E-state index in [4.69, 9.17) is 0 Å². The Labute approximate surface area is 117 Å². The van der Waals surface area contributed by atoms with Crippen LogP contribution in [0.5, 0.6) is 0 Å². The summed E-state index contributed by atoms with van der Waals surface area (Å²) in [5, 5.41) is 5.31. The highest BCUT2D eigenvalue weighted by atomic mass is 19.1. The highest BCUT2D eigenvalue weighted by Crippen LogP contribution is 2.29. The number of hydrogen-bond acceptors (Lipinski definition) is 1. The molecule has 3 nitrogen and oxygen atoms in total. The first kappa shape index (κ1) is 14.8. The maximum atomic E-state index is 13.4. The largest absolute Gasteiger partial charge is 0.335 e. The van der Waals surface area contributed by atoms with Crippen molar-refractivity contribution in [1.82, 2.24) is 5.32 Å². The SMILES string of the molecule is CC1CCCC(NC(=O)Nc2ccc(F)cc2F)C1C. The Morgan fingerprint density at radius 1 is 1.25 bits per heavy atom. The summed E-state index contributed by atoms with van der Waals surface area (Å²) in [5.74, 6) is -0.474. The van der Waals surface area contributed by atoms with Crippen LogP contribution < -0.4 is 10.6 Å². The van der Waals surface area contributed by atoms with Gasteiger partial charge in [0, 0.05) is 12.1 Å². The number of rotatable bonds is 2. The molecule has 5 heteroatoms. The summed E-state index contributed by atoms with van der Waals surface area (Å²) in [6, 6.07) is 2.74. The monoisotopic (exact) mass is 282 g/mol. The van der Waals surface area contributed by atoms with E-state index >= 15 is 0 Å². The number of amides is 2. The number of carbonyl (C=O) groups is 1. The van der Waals surface area contributed by atoms with E-state index in [2.05, 4.69) is 24.5 Å². The molecule has 1 aromatic rings. The van der Waals surface area contributed by atoms with Crippen molar-refractivity contribution in [2.45, 2.75) is 39.2 Å². The second-order valence-corrected chi connectivity index (χ2v) is 5.60. The highest BCUT2D eigenvalue weighted by Gasteiger charge is 2.28. The van der Waals surface area contributed by atoms with Gasteiger partial charge in [0.1, 0.15) is 11.6 Å². The molecule has 20 heavy (non-hydrogen) atoms. The van der Waals surface area contributed by atoms with E-state index in [1.807, 2.05) is 0 Å². The molecular formula is C15H20F2N2O. The number of halogens is 2. The van der Waals surface area contributed by atoms with Crippen molar-refractivity contribution in [1.29, 1.82) is 0 Å². The third-order valence-corrected chi connectivity index (χ3v) is 4.20. The second kappa shape index (κ2) is 6.20. The Bertz CT molecular complexity index is 493. The standard InChI is InChI=1S/C15H20F2N2O/c1-9-4-3-5-13(10(9)2)18-15(20)19-14-7-6-11(16)8-12(14)17/h6-10,13H,3-5H2,1-2H3,(H2,18,19,20). The molecule has 1 aliphatic rings. The lowest BCUT2D eigenvalue weighted by Gasteiger charge is -2.34. The summed E-state index contributed by atoms with van der Waals surface area (Å²) < 4.78 is 26.2. The van der Waals surface area contributed by atoms with E-state index in [-0.39, 0.29) is 11.7 Å². The molecule has 2 N–H and O–H groups in total. The molecule has 0 aliphatic heterocycles.